The van der Waals surface area contributed by atoms with E-state index < -0.39 is 0 Å². The lowest BCUT2D eigenvalue weighted by molar-refractivity contribution is 0.568. The van der Waals surface area contributed by atoms with Crippen LogP contribution in [0.5, 0.6) is 0 Å². The monoisotopic (exact) mass is 273 g/mol. The SMILES string of the molecule is CCCCCCCCCCCC(=NC)c1ccccc1. The van der Waals surface area contributed by atoms with E-state index in [1.807, 2.05) is 7.05 Å². The van der Waals surface area contributed by atoms with E-state index in [-0.39, 0.29) is 0 Å². The largest absolute Gasteiger partial charge is 0.292 e. The van der Waals surface area contributed by atoms with Crippen molar-refractivity contribution in [1.82, 2.24) is 0 Å². The van der Waals surface area contributed by atoms with E-state index >= 15 is 0 Å². The van der Waals surface area contributed by atoms with Crippen molar-refractivity contribution in [1.29, 1.82) is 0 Å². The van der Waals surface area contributed by atoms with Gasteiger partial charge in [-0.3, -0.25) is 4.99 Å². The van der Waals surface area contributed by atoms with Gasteiger partial charge < -0.3 is 0 Å². The number of hydrogen-bond acceptors (Lipinski definition) is 1. The fourth-order valence-electron chi connectivity index (χ4n) is 2.62. The van der Waals surface area contributed by atoms with Gasteiger partial charge in [-0.15, -0.1) is 0 Å². The molecule has 0 fully saturated rings. The lowest BCUT2D eigenvalue weighted by Crippen LogP contribution is -2.00. The van der Waals surface area contributed by atoms with Crippen molar-refractivity contribution in [3.63, 3.8) is 0 Å². The van der Waals surface area contributed by atoms with E-state index in [9.17, 15) is 0 Å². The standard InChI is InChI=1S/C19H31N/c1-3-4-5-6-7-8-9-10-14-17-19(20-2)18-15-12-11-13-16-18/h11-13,15-16H,3-10,14,17H2,1-2H3. The minimum absolute atomic E-state index is 1.12. The van der Waals surface area contributed by atoms with Gasteiger partial charge in [0.05, 0.1) is 0 Å². The Hall–Kier alpha value is -1.11. The summed E-state index contributed by atoms with van der Waals surface area (Å²) in [4.78, 5) is 4.44. The molecule has 0 aliphatic rings. The summed E-state index contributed by atoms with van der Waals surface area (Å²) in [5, 5.41) is 0. The van der Waals surface area contributed by atoms with Gasteiger partial charge in [0.15, 0.2) is 0 Å². The Morgan fingerprint density at radius 2 is 1.35 bits per heavy atom. The van der Waals surface area contributed by atoms with Crippen LogP contribution in [-0.4, -0.2) is 12.8 Å². The summed E-state index contributed by atoms with van der Waals surface area (Å²) in [5.41, 5.74) is 2.54. The van der Waals surface area contributed by atoms with Crippen LogP contribution in [0.25, 0.3) is 0 Å². The maximum absolute atomic E-state index is 4.44. The Morgan fingerprint density at radius 1 is 0.800 bits per heavy atom. The first-order valence-corrected chi connectivity index (χ1v) is 8.39. The molecule has 0 amide bonds. The highest BCUT2D eigenvalue weighted by atomic mass is 14.7. The van der Waals surface area contributed by atoms with Gasteiger partial charge in [0, 0.05) is 12.8 Å². The molecule has 0 unspecified atom stereocenters. The minimum Gasteiger partial charge on any atom is -0.292 e. The van der Waals surface area contributed by atoms with E-state index in [2.05, 4.69) is 42.2 Å². The van der Waals surface area contributed by atoms with Crippen LogP contribution in [0.3, 0.4) is 0 Å². The smallest absolute Gasteiger partial charge is 0.0417 e. The lowest BCUT2D eigenvalue weighted by Gasteiger charge is -2.06. The van der Waals surface area contributed by atoms with Crippen LogP contribution < -0.4 is 0 Å². The van der Waals surface area contributed by atoms with Crippen LogP contribution in [0, 0.1) is 0 Å². The number of hydrogen-bond donors (Lipinski definition) is 0. The topological polar surface area (TPSA) is 12.4 Å². The van der Waals surface area contributed by atoms with Gasteiger partial charge in [0.1, 0.15) is 0 Å². The molecule has 0 radical (unpaired) electrons. The van der Waals surface area contributed by atoms with Crippen molar-refractivity contribution in [2.24, 2.45) is 4.99 Å². The molecule has 0 heterocycles. The highest BCUT2D eigenvalue weighted by Gasteiger charge is 2.01. The molecule has 1 aromatic carbocycles. The van der Waals surface area contributed by atoms with Crippen LogP contribution in [0.15, 0.2) is 35.3 Å². The second-order valence-electron chi connectivity index (χ2n) is 5.61. The summed E-state index contributed by atoms with van der Waals surface area (Å²) in [6, 6.07) is 10.6. The van der Waals surface area contributed by atoms with Gasteiger partial charge in [0.25, 0.3) is 0 Å². The van der Waals surface area contributed by atoms with Gasteiger partial charge in [0.2, 0.25) is 0 Å². The third kappa shape index (κ3) is 7.47. The van der Waals surface area contributed by atoms with Gasteiger partial charge >= 0.3 is 0 Å². The van der Waals surface area contributed by atoms with E-state index in [1.165, 1.54) is 69.1 Å². The Kier molecular flexibility index (Phi) is 9.91. The highest BCUT2D eigenvalue weighted by Crippen LogP contribution is 2.13. The predicted molar refractivity (Wildman–Crippen MR) is 90.7 cm³/mol. The molecule has 1 rings (SSSR count). The first-order valence-electron chi connectivity index (χ1n) is 8.39. The third-order valence-electron chi connectivity index (χ3n) is 3.89. The van der Waals surface area contributed by atoms with Gasteiger partial charge in [-0.05, 0) is 18.4 Å². The summed E-state index contributed by atoms with van der Waals surface area (Å²) in [6.45, 7) is 2.28. The van der Waals surface area contributed by atoms with E-state index in [0.29, 0.717) is 0 Å². The van der Waals surface area contributed by atoms with Crippen LogP contribution in [0.1, 0.15) is 76.7 Å². The van der Waals surface area contributed by atoms with Gasteiger partial charge in [-0.25, -0.2) is 0 Å². The Bertz CT molecular complexity index is 353. The maximum atomic E-state index is 4.44. The number of rotatable bonds is 11. The van der Waals surface area contributed by atoms with Crippen molar-refractivity contribution in [2.75, 3.05) is 7.05 Å². The van der Waals surface area contributed by atoms with Crippen molar-refractivity contribution in [3.8, 4) is 0 Å². The number of aliphatic imine (C=N–C) groups is 1. The summed E-state index contributed by atoms with van der Waals surface area (Å²) in [6.07, 6.45) is 13.6. The second-order valence-corrected chi connectivity index (χ2v) is 5.61. The van der Waals surface area contributed by atoms with E-state index in [0.717, 1.165) is 6.42 Å². The Morgan fingerprint density at radius 3 is 1.90 bits per heavy atom. The Labute approximate surface area is 125 Å². The molecule has 0 atom stereocenters. The summed E-state index contributed by atoms with van der Waals surface area (Å²) in [7, 11) is 1.91. The number of benzene rings is 1. The average Bonchev–Trinajstić information content (AvgIpc) is 2.50. The molecule has 0 aromatic heterocycles. The molecule has 0 spiro atoms. The summed E-state index contributed by atoms with van der Waals surface area (Å²) in [5.74, 6) is 0. The molecule has 20 heavy (non-hydrogen) atoms. The quantitative estimate of drug-likeness (QED) is 0.345. The zero-order valence-electron chi connectivity index (χ0n) is 13.4. The van der Waals surface area contributed by atoms with Crippen molar-refractivity contribution >= 4 is 5.71 Å². The lowest BCUT2D eigenvalue weighted by atomic mass is 10.0. The van der Waals surface area contributed by atoms with Gasteiger partial charge in [-0.1, -0.05) is 88.6 Å². The summed E-state index contributed by atoms with van der Waals surface area (Å²) >= 11 is 0. The maximum Gasteiger partial charge on any atom is 0.0417 e. The molecule has 0 saturated heterocycles. The molecular weight excluding hydrogens is 242 g/mol. The molecule has 0 N–H and O–H groups in total. The van der Waals surface area contributed by atoms with Crippen LogP contribution >= 0.6 is 0 Å². The molecule has 0 aliphatic heterocycles. The first kappa shape index (κ1) is 16.9. The van der Waals surface area contributed by atoms with Crippen LogP contribution in [0.2, 0.25) is 0 Å². The molecule has 1 heteroatoms. The molecule has 1 nitrogen and oxygen atoms in total. The molecule has 0 bridgehead atoms. The fourth-order valence-corrected chi connectivity index (χ4v) is 2.62. The number of unbranched alkanes of at least 4 members (excludes halogenated alkanes) is 8. The molecular formula is C19H31N. The minimum atomic E-state index is 1.12. The van der Waals surface area contributed by atoms with E-state index in [4.69, 9.17) is 0 Å². The van der Waals surface area contributed by atoms with Crippen molar-refractivity contribution in [2.45, 2.75) is 71.1 Å². The fraction of sp³-hybridized carbons (Fsp3) is 0.632. The first-order chi connectivity index (χ1) is 9.88. The van der Waals surface area contributed by atoms with Gasteiger partial charge in [-0.2, -0.15) is 0 Å². The predicted octanol–water partition coefficient (Wildman–Crippen LogP) is 6.03. The van der Waals surface area contributed by atoms with Crippen LogP contribution in [-0.2, 0) is 0 Å². The molecule has 0 aliphatic carbocycles. The molecule has 0 saturated carbocycles. The normalized spacial score (nSPS) is 11.8. The summed E-state index contributed by atoms with van der Waals surface area (Å²) < 4.78 is 0. The molecule has 1 aromatic rings. The third-order valence-corrected chi connectivity index (χ3v) is 3.89. The second kappa shape index (κ2) is 11.7. The van der Waals surface area contributed by atoms with Crippen molar-refractivity contribution in [3.05, 3.63) is 35.9 Å². The van der Waals surface area contributed by atoms with Crippen LogP contribution in [0.4, 0.5) is 0 Å². The zero-order valence-corrected chi connectivity index (χ0v) is 13.4. The molecule has 112 valence electrons. The van der Waals surface area contributed by atoms with E-state index in [1.54, 1.807) is 0 Å². The average molecular weight is 273 g/mol. The Balaban J connectivity index is 2.06. The highest BCUT2D eigenvalue weighted by molar-refractivity contribution is 6.00. The zero-order chi connectivity index (χ0) is 14.5. The number of nitrogens with zero attached hydrogens (tertiary/aromatic N) is 1. The van der Waals surface area contributed by atoms with Crippen molar-refractivity contribution < 1.29 is 0 Å².